The number of allylic oxidation sites excluding steroid dienone is 4. The van der Waals surface area contributed by atoms with Crippen LogP contribution in [0.2, 0.25) is 0 Å². The first-order valence-corrected chi connectivity index (χ1v) is 26.5. The second kappa shape index (κ2) is 50.2. The number of carbonyl (C=O) groups is 1. The fourth-order valence-corrected chi connectivity index (χ4v) is 8.39. The number of aliphatic hydroxyl groups is 2. The lowest BCUT2D eigenvalue weighted by molar-refractivity contribution is -0.123. The number of unbranched alkanes of at least 4 members (excludes halogenated alkanes) is 38. The van der Waals surface area contributed by atoms with E-state index >= 15 is 0 Å². The summed E-state index contributed by atoms with van der Waals surface area (Å²) in [7, 11) is 0. The van der Waals surface area contributed by atoms with Crippen molar-refractivity contribution < 1.29 is 15.0 Å². The minimum absolute atomic E-state index is 0.0285. The molecule has 0 saturated carbocycles. The number of rotatable bonds is 49. The fourth-order valence-electron chi connectivity index (χ4n) is 8.39. The van der Waals surface area contributed by atoms with Crippen LogP contribution in [0.3, 0.4) is 0 Å². The lowest BCUT2D eigenvalue weighted by Crippen LogP contribution is -2.45. The highest BCUT2D eigenvalue weighted by molar-refractivity contribution is 5.76. The largest absolute Gasteiger partial charge is 0.394 e. The molecule has 0 aromatic carbocycles. The van der Waals surface area contributed by atoms with Gasteiger partial charge in [0.25, 0.3) is 0 Å². The average Bonchev–Trinajstić information content (AvgIpc) is 3.23. The molecule has 0 fully saturated rings. The molecule has 0 radical (unpaired) electrons. The molecule has 4 nitrogen and oxygen atoms in total. The molecule has 0 spiro atoms. The Morgan fingerprint density at radius 1 is 0.414 bits per heavy atom. The highest BCUT2D eigenvalue weighted by atomic mass is 16.3. The minimum Gasteiger partial charge on any atom is -0.394 e. The minimum atomic E-state index is -0.653. The number of carbonyl (C=O) groups excluding carboxylic acids is 1. The maximum absolute atomic E-state index is 12.4. The fraction of sp³-hybridized carbons (Fsp3) is 0.907. The first kappa shape index (κ1) is 56.9. The predicted octanol–water partition coefficient (Wildman–Crippen LogP) is 17.1. The lowest BCUT2D eigenvalue weighted by Gasteiger charge is -2.22. The molecule has 0 aromatic heterocycles. The van der Waals surface area contributed by atoms with E-state index in [4.69, 9.17) is 0 Å². The van der Waals surface area contributed by atoms with E-state index in [2.05, 4.69) is 43.5 Å². The van der Waals surface area contributed by atoms with Gasteiger partial charge in [-0.25, -0.2) is 0 Å². The van der Waals surface area contributed by atoms with Crippen molar-refractivity contribution in [2.24, 2.45) is 0 Å². The van der Waals surface area contributed by atoms with Gasteiger partial charge < -0.3 is 15.5 Å². The zero-order chi connectivity index (χ0) is 42.1. The van der Waals surface area contributed by atoms with E-state index in [9.17, 15) is 15.0 Å². The van der Waals surface area contributed by atoms with E-state index in [1.165, 1.54) is 238 Å². The number of amides is 1. The molecule has 0 saturated heterocycles. The molecule has 0 aliphatic rings. The first-order chi connectivity index (χ1) is 28.7. The summed E-state index contributed by atoms with van der Waals surface area (Å²) in [5.41, 5.74) is 0. The summed E-state index contributed by atoms with van der Waals surface area (Å²) in [6.07, 6.45) is 66.1. The third-order valence-corrected chi connectivity index (χ3v) is 12.5. The molecule has 0 aromatic rings. The molecule has 0 bridgehead atoms. The Morgan fingerprint density at radius 2 is 0.707 bits per heavy atom. The molecule has 0 aliphatic heterocycles. The average molecular weight is 816 g/mol. The Labute approximate surface area is 364 Å². The summed E-state index contributed by atoms with van der Waals surface area (Å²) in [4.78, 5) is 12.4. The highest BCUT2D eigenvalue weighted by Gasteiger charge is 2.20. The molecular formula is C54H105NO3. The lowest BCUT2D eigenvalue weighted by atomic mass is 10.0. The van der Waals surface area contributed by atoms with Gasteiger partial charge in [-0.2, -0.15) is 0 Å². The summed E-state index contributed by atoms with van der Waals surface area (Å²) in [6.45, 7) is 4.34. The van der Waals surface area contributed by atoms with Crippen LogP contribution in [-0.2, 0) is 4.79 Å². The zero-order valence-electron chi connectivity index (χ0n) is 39.6. The highest BCUT2D eigenvalue weighted by Crippen LogP contribution is 2.17. The van der Waals surface area contributed by atoms with E-state index in [1.54, 1.807) is 0 Å². The van der Waals surface area contributed by atoms with Crippen LogP contribution in [0.4, 0.5) is 0 Å². The maximum atomic E-state index is 12.4. The third kappa shape index (κ3) is 45.9. The quantitative estimate of drug-likeness (QED) is 0.0423. The summed E-state index contributed by atoms with van der Waals surface area (Å²) in [5, 5.41) is 23.1. The molecule has 0 rings (SSSR count). The predicted molar refractivity (Wildman–Crippen MR) is 258 cm³/mol. The number of nitrogens with one attached hydrogen (secondary N) is 1. The van der Waals surface area contributed by atoms with E-state index in [1.807, 2.05) is 0 Å². The molecule has 3 N–H and O–H groups in total. The molecular weight excluding hydrogens is 711 g/mol. The van der Waals surface area contributed by atoms with Gasteiger partial charge in [-0.05, 0) is 44.9 Å². The smallest absolute Gasteiger partial charge is 0.220 e. The van der Waals surface area contributed by atoms with Crippen molar-refractivity contribution in [3.8, 4) is 0 Å². The van der Waals surface area contributed by atoms with E-state index in [-0.39, 0.29) is 12.5 Å². The van der Waals surface area contributed by atoms with Crippen LogP contribution in [0.5, 0.6) is 0 Å². The van der Waals surface area contributed by atoms with E-state index in [0.717, 1.165) is 32.1 Å². The SMILES string of the molecule is CCCCCCC/C=C\C/C=C\CCCCCCCCCCCCCCCCCCCCCCCCCCCC(=O)NC(CO)C(O)CCCCCCCCCCC. The molecule has 58 heavy (non-hydrogen) atoms. The van der Waals surface area contributed by atoms with Crippen LogP contribution in [-0.4, -0.2) is 34.9 Å². The maximum Gasteiger partial charge on any atom is 0.220 e. The van der Waals surface area contributed by atoms with Crippen LogP contribution in [0.15, 0.2) is 24.3 Å². The van der Waals surface area contributed by atoms with Crippen LogP contribution >= 0.6 is 0 Å². The van der Waals surface area contributed by atoms with Gasteiger partial charge in [0.05, 0.1) is 18.8 Å². The van der Waals surface area contributed by atoms with Gasteiger partial charge in [-0.15, -0.1) is 0 Å². The van der Waals surface area contributed by atoms with Gasteiger partial charge in [0.15, 0.2) is 0 Å². The Kier molecular flexibility index (Phi) is 49.2. The third-order valence-electron chi connectivity index (χ3n) is 12.5. The summed E-state index contributed by atoms with van der Waals surface area (Å²) >= 11 is 0. The number of hydrogen-bond acceptors (Lipinski definition) is 3. The van der Waals surface area contributed by atoms with Crippen molar-refractivity contribution in [2.75, 3.05) is 6.61 Å². The van der Waals surface area contributed by atoms with Crippen molar-refractivity contribution in [2.45, 2.75) is 309 Å². The normalized spacial score (nSPS) is 13.0. The second-order valence-corrected chi connectivity index (χ2v) is 18.3. The van der Waals surface area contributed by atoms with E-state index in [0.29, 0.717) is 12.8 Å². The van der Waals surface area contributed by atoms with E-state index < -0.39 is 12.1 Å². The van der Waals surface area contributed by atoms with Gasteiger partial charge in [-0.3, -0.25) is 4.79 Å². The first-order valence-electron chi connectivity index (χ1n) is 26.5. The Balaban J connectivity index is 3.33. The molecule has 2 atom stereocenters. The van der Waals surface area contributed by atoms with Gasteiger partial charge in [0, 0.05) is 6.42 Å². The van der Waals surface area contributed by atoms with Crippen molar-refractivity contribution in [1.29, 1.82) is 0 Å². The van der Waals surface area contributed by atoms with Crippen LogP contribution in [0.25, 0.3) is 0 Å². The molecule has 2 unspecified atom stereocenters. The Hall–Kier alpha value is -1.13. The van der Waals surface area contributed by atoms with Crippen molar-refractivity contribution in [3.63, 3.8) is 0 Å². The van der Waals surface area contributed by atoms with Gasteiger partial charge >= 0.3 is 0 Å². The number of hydrogen-bond donors (Lipinski definition) is 3. The van der Waals surface area contributed by atoms with Crippen LogP contribution in [0.1, 0.15) is 296 Å². The standard InChI is InChI=1S/C54H105NO3/c1-3-5-7-9-11-13-14-15-16-17-18-19-20-21-22-23-24-25-26-27-28-29-30-31-32-33-34-35-36-37-38-39-40-42-44-46-48-50-54(58)55-52(51-56)53(57)49-47-45-43-41-12-10-8-6-4-2/h14-15,17-18,52-53,56-57H,3-13,16,19-51H2,1-2H3,(H,55,58)/b15-14-,18-17-. The number of aliphatic hydroxyl groups excluding tert-OH is 2. The summed E-state index contributed by atoms with van der Waals surface area (Å²) < 4.78 is 0. The summed E-state index contributed by atoms with van der Waals surface area (Å²) in [5.74, 6) is -0.0285. The zero-order valence-corrected chi connectivity index (χ0v) is 39.6. The van der Waals surface area contributed by atoms with Gasteiger partial charge in [0.1, 0.15) is 0 Å². The van der Waals surface area contributed by atoms with Gasteiger partial charge in [-0.1, -0.05) is 269 Å². The van der Waals surface area contributed by atoms with Crippen LogP contribution in [0, 0.1) is 0 Å². The van der Waals surface area contributed by atoms with Gasteiger partial charge in [0.2, 0.25) is 5.91 Å². The van der Waals surface area contributed by atoms with Crippen LogP contribution < -0.4 is 5.32 Å². The molecule has 1 amide bonds. The topological polar surface area (TPSA) is 69.6 Å². The van der Waals surface area contributed by atoms with Crippen molar-refractivity contribution >= 4 is 5.91 Å². The monoisotopic (exact) mass is 816 g/mol. The Bertz CT molecular complexity index is 840. The molecule has 0 heterocycles. The molecule has 4 heteroatoms. The molecule has 0 aliphatic carbocycles. The molecule has 344 valence electrons. The summed E-state index contributed by atoms with van der Waals surface area (Å²) in [6, 6.07) is -0.530. The Morgan fingerprint density at radius 3 is 1.03 bits per heavy atom. The second-order valence-electron chi connectivity index (χ2n) is 18.3. The van der Waals surface area contributed by atoms with Crippen molar-refractivity contribution in [1.82, 2.24) is 5.32 Å². The van der Waals surface area contributed by atoms with Crippen molar-refractivity contribution in [3.05, 3.63) is 24.3 Å².